The molecule has 0 saturated carbocycles. The van der Waals surface area contributed by atoms with E-state index in [0.29, 0.717) is 0 Å². The lowest BCUT2D eigenvalue weighted by Gasteiger charge is -2.36. The molecule has 0 aromatic carbocycles. The highest BCUT2D eigenvalue weighted by Crippen LogP contribution is 2.28. The number of hydrogen-bond donors (Lipinski definition) is 0. The molecule has 98 valence electrons. The molecule has 0 bridgehead atoms. The Morgan fingerprint density at radius 3 is 2.61 bits per heavy atom. The van der Waals surface area contributed by atoms with Crippen molar-refractivity contribution < 1.29 is 4.79 Å². The monoisotopic (exact) mass is 246 g/mol. The summed E-state index contributed by atoms with van der Waals surface area (Å²) in [6, 6.07) is 1.94. The van der Waals surface area contributed by atoms with Crippen molar-refractivity contribution in [3.63, 3.8) is 0 Å². The van der Waals surface area contributed by atoms with Crippen molar-refractivity contribution in [1.82, 2.24) is 9.88 Å². The number of ketones is 1. The third-order valence-electron chi connectivity index (χ3n) is 4.12. The van der Waals surface area contributed by atoms with Gasteiger partial charge in [-0.1, -0.05) is 6.92 Å². The molecular weight excluding hydrogens is 224 g/mol. The fraction of sp³-hybridized carbons (Fsp3) is 0.600. The molecule has 3 nitrogen and oxygen atoms in total. The van der Waals surface area contributed by atoms with Gasteiger partial charge in [-0.25, -0.2) is 0 Å². The molecule has 1 atom stereocenters. The number of hydrogen-bond acceptors (Lipinski definition) is 3. The summed E-state index contributed by atoms with van der Waals surface area (Å²) in [4.78, 5) is 19.2. The van der Waals surface area contributed by atoms with Gasteiger partial charge in [0.25, 0.3) is 0 Å². The molecule has 0 radical (unpaired) electrons. The van der Waals surface area contributed by atoms with Crippen molar-refractivity contribution in [1.29, 1.82) is 0 Å². The molecule has 2 heterocycles. The number of Topliss-reactive ketones (excluding diaryl/α,β-unsaturated/α-hetero) is 1. The molecule has 2 rings (SSSR count). The van der Waals surface area contributed by atoms with Gasteiger partial charge in [-0.05, 0) is 57.8 Å². The Kier molecular flexibility index (Phi) is 3.81. The normalized spacial score (nSPS) is 19.7. The van der Waals surface area contributed by atoms with Gasteiger partial charge in [-0.2, -0.15) is 0 Å². The number of likely N-dealkylation sites (tertiary alicyclic amines) is 1. The molecule has 1 saturated heterocycles. The quantitative estimate of drug-likeness (QED) is 0.766. The van der Waals surface area contributed by atoms with Crippen LogP contribution in [0, 0.1) is 6.92 Å². The molecule has 1 aliphatic heterocycles. The van der Waals surface area contributed by atoms with Crippen molar-refractivity contribution in [2.24, 2.45) is 0 Å². The predicted molar refractivity (Wildman–Crippen MR) is 72.8 cm³/mol. The molecule has 18 heavy (non-hydrogen) atoms. The van der Waals surface area contributed by atoms with Crippen LogP contribution in [-0.2, 0) is 0 Å². The van der Waals surface area contributed by atoms with E-state index in [1.54, 1.807) is 12.4 Å². The highest BCUT2D eigenvalue weighted by Gasteiger charge is 2.39. The third kappa shape index (κ3) is 2.32. The number of rotatable bonds is 4. The minimum absolute atomic E-state index is 0.211. The number of aryl methyl sites for hydroxylation is 1. The summed E-state index contributed by atoms with van der Waals surface area (Å²) in [6.45, 7) is 8.22. The van der Waals surface area contributed by atoms with E-state index in [2.05, 4.69) is 23.7 Å². The molecule has 0 aliphatic carbocycles. The van der Waals surface area contributed by atoms with Gasteiger partial charge in [0.05, 0.1) is 5.54 Å². The van der Waals surface area contributed by atoms with Crippen LogP contribution in [-0.4, -0.2) is 34.3 Å². The lowest BCUT2D eigenvalue weighted by Crippen LogP contribution is -2.50. The fourth-order valence-corrected chi connectivity index (χ4v) is 2.73. The molecule has 0 spiro atoms. The van der Waals surface area contributed by atoms with E-state index in [0.717, 1.165) is 30.6 Å². The van der Waals surface area contributed by atoms with Crippen LogP contribution in [0.25, 0.3) is 0 Å². The first-order chi connectivity index (χ1) is 8.58. The lowest BCUT2D eigenvalue weighted by molar-refractivity contribution is 0.0647. The summed E-state index contributed by atoms with van der Waals surface area (Å²) >= 11 is 0. The van der Waals surface area contributed by atoms with E-state index >= 15 is 0 Å². The van der Waals surface area contributed by atoms with Gasteiger partial charge in [-0.3, -0.25) is 14.7 Å². The summed E-state index contributed by atoms with van der Waals surface area (Å²) in [5, 5.41) is 0. The Balaban J connectivity index is 2.29. The number of carbonyl (C=O) groups excluding carboxylic acids is 1. The second-order valence-electron chi connectivity index (χ2n) is 5.40. The first kappa shape index (κ1) is 13.2. The standard InChI is InChI=1S/C15H22N2O/c1-4-15(3,17-7-5-6-8-17)14(18)13-9-12(2)10-16-11-13/h9-11H,4-8H2,1-3H3. The van der Waals surface area contributed by atoms with E-state index in [1.807, 2.05) is 13.0 Å². The Morgan fingerprint density at radius 1 is 1.39 bits per heavy atom. The number of carbonyl (C=O) groups is 1. The van der Waals surface area contributed by atoms with E-state index in [1.165, 1.54) is 12.8 Å². The van der Waals surface area contributed by atoms with Crippen LogP contribution < -0.4 is 0 Å². The van der Waals surface area contributed by atoms with Gasteiger partial charge in [0, 0.05) is 18.0 Å². The van der Waals surface area contributed by atoms with E-state index < -0.39 is 0 Å². The van der Waals surface area contributed by atoms with Gasteiger partial charge in [0.2, 0.25) is 0 Å². The SMILES string of the molecule is CCC(C)(C(=O)c1cncc(C)c1)N1CCCC1. The van der Waals surface area contributed by atoms with Gasteiger partial charge in [0.1, 0.15) is 0 Å². The Bertz CT molecular complexity index is 438. The van der Waals surface area contributed by atoms with Crippen LogP contribution in [0.5, 0.6) is 0 Å². The van der Waals surface area contributed by atoms with Crippen molar-refractivity contribution in [3.8, 4) is 0 Å². The highest BCUT2D eigenvalue weighted by atomic mass is 16.1. The van der Waals surface area contributed by atoms with Crippen LogP contribution in [0.3, 0.4) is 0 Å². The summed E-state index contributed by atoms with van der Waals surface area (Å²) < 4.78 is 0. The topological polar surface area (TPSA) is 33.2 Å². The summed E-state index contributed by atoms with van der Waals surface area (Å²) in [5.74, 6) is 0.211. The predicted octanol–water partition coefficient (Wildman–Crippen LogP) is 2.84. The molecular formula is C15H22N2O. The maximum atomic E-state index is 12.8. The molecule has 1 fully saturated rings. The summed E-state index contributed by atoms with van der Waals surface area (Å²) in [7, 11) is 0. The Hall–Kier alpha value is -1.22. The van der Waals surface area contributed by atoms with E-state index in [9.17, 15) is 4.79 Å². The second-order valence-corrected chi connectivity index (χ2v) is 5.40. The van der Waals surface area contributed by atoms with Crippen LogP contribution in [0.4, 0.5) is 0 Å². The smallest absolute Gasteiger partial charge is 0.184 e. The molecule has 0 N–H and O–H groups in total. The van der Waals surface area contributed by atoms with Gasteiger partial charge >= 0.3 is 0 Å². The number of nitrogens with zero attached hydrogens (tertiary/aromatic N) is 2. The average molecular weight is 246 g/mol. The average Bonchev–Trinajstić information content (AvgIpc) is 2.91. The zero-order valence-corrected chi connectivity index (χ0v) is 11.6. The van der Waals surface area contributed by atoms with E-state index in [-0.39, 0.29) is 11.3 Å². The first-order valence-electron chi connectivity index (χ1n) is 6.79. The molecule has 1 aromatic rings. The molecule has 3 heteroatoms. The van der Waals surface area contributed by atoms with Gasteiger partial charge < -0.3 is 0 Å². The largest absolute Gasteiger partial charge is 0.292 e. The minimum Gasteiger partial charge on any atom is -0.292 e. The zero-order valence-electron chi connectivity index (χ0n) is 11.6. The third-order valence-corrected chi connectivity index (χ3v) is 4.12. The lowest BCUT2D eigenvalue weighted by atomic mass is 9.87. The van der Waals surface area contributed by atoms with Gasteiger partial charge in [-0.15, -0.1) is 0 Å². The second kappa shape index (κ2) is 5.19. The highest BCUT2D eigenvalue weighted by molar-refractivity contribution is 6.02. The van der Waals surface area contributed by atoms with Crippen LogP contribution in [0.15, 0.2) is 18.5 Å². The van der Waals surface area contributed by atoms with Crippen molar-refractivity contribution >= 4 is 5.78 Å². The van der Waals surface area contributed by atoms with Crippen molar-refractivity contribution in [2.45, 2.75) is 45.6 Å². The summed E-state index contributed by atoms with van der Waals surface area (Å²) in [6.07, 6.45) is 6.74. The number of aromatic nitrogens is 1. The summed E-state index contributed by atoms with van der Waals surface area (Å²) in [5.41, 5.74) is 1.42. The van der Waals surface area contributed by atoms with Gasteiger partial charge in [0.15, 0.2) is 5.78 Å². The first-order valence-corrected chi connectivity index (χ1v) is 6.79. The maximum Gasteiger partial charge on any atom is 0.184 e. The molecule has 1 unspecified atom stereocenters. The minimum atomic E-state index is -0.369. The molecule has 1 aromatic heterocycles. The Morgan fingerprint density at radius 2 is 2.06 bits per heavy atom. The maximum absolute atomic E-state index is 12.8. The number of pyridine rings is 1. The Labute approximate surface area is 109 Å². The fourth-order valence-electron chi connectivity index (χ4n) is 2.73. The van der Waals surface area contributed by atoms with Crippen LogP contribution in [0.1, 0.15) is 49.0 Å². The molecule has 0 amide bonds. The zero-order chi connectivity index (χ0) is 13.2. The van der Waals surface area contributed by atoms with Crippen LogP contribution >= 0.6 is 0 Å². The van der Waals surface area contributed by atoms with Crippen LogP contribution in [0.2, 0.25) is 0 Å². The van der Waals surface area contributed by atoms with E-state index in [4.69, 9.17) is 0 Å². The van der Waals surface area contributed by atoms with Crippen molar-refractivity contribution in [3.05, 3.63) is 29.6 Å². The molecule has 1 aliphatic rings. The van der Waals surface area contributed by atoms with Crippen molar-refractivity contribution in [2.75, 3.05) is 13.1 Å².